The minimum atomic E-state index is 0. The first-order valence-electron chi connectivity index (χ1n) is 17.5. The van der Waals surface area contributed by atoms with E-state index in [1.165, 1.54) is 87.6 Å². The first-order chi connectivity index (χ1) is 25.8. The Hall–Kier alpha value is -4.99. The zero-order valence-corrected chi connectivity index (χ0v) is 35.6. The van der Waals surface area contributed by atoms with Gasteiger partial charge < -0.3 is 14.9 Å². The molecule has 0 aliphatic rings. The fourth-order valence-corrected chi connectivity index (χ4v) is 7.45. The van der Waals surface area contributed by atoms with Crippen LogP contribution in [0.4, 0.5) is 0 Å². The summed E-state index contributed by atoms with van der Waals surface area (Å²) in [6.45, 7) is 0. The molecule has 56 heavy (non-hydrogen) atoms. The zero-order chi connectivity index (χ0) is 35.3. The van der Waals surface area contributed by atoms with Crippen LogP contribution >= 0.6 is 24.8 Å². The van der Waals surface area contributed by atoms with E-state index in [1.54, 1.807) is 19.2 Å². The Balaban J connectivity index is 0.000000223. The van der Waals surface area contributed by atoms with Crippen molar-refractivity contribution < 1.29 is 19.2 Å². The molecule has 0 saturated heterocycles. The van der Waals surface area contributed by atoms with Crippen molar-refractivity contribution in [3.8, 4) is 44.5 Å². The van der Waals surface area contributed by atoms with Crippen LogP contribution in [0.25, 0.3) is 87.6 Å². The van der Waals surface area contributed by atoms with Crippen LogP contribution in [-0.2, 0) is 19.2 Å². The zero-order valence-electron chi connectivity index (χ0n) is 31.4. The van der Waals surface area contributed by atoms with Crippen molar-refractivity contribution in [1.29, 1.82) is 0 Å². The molecular weight excluding hydrogens is 771 g/mol. The number of hydrogen-bond donors (Lipinski definition) is 0. The SMILES string of the molecule is Cl.Cl.[CH3-].[CH3-].[Si]=[Ti].c1ccc(-c2cc3c(-c4cccc5ccccc45)cccc3[cH-]2)cc1.c1ccc(-c2cc3c(-c4cccc5ccccc45)cccc3[cH-]2)cc1. The van der Waals surface area contributed by atoms with Crippen molar-refractivity contribution in [2.75, 3.05) is 0 Å². The molecule has 0 aliphatic heterocycles. The molecule has 0 aromatic heterocycles. The molecule has 276 valence electrons. The quantitative estimate of drug-likeness (QED) is 0.123. The molecule has 0 fully saturated rings. The van der Waals surface area contributed by atoms with E-state index in [-0.39, 0.29) is 39.7 Å². The standard InChI is InChI=1S/2C25H17.2CH3.2ClH.Si.Ti/c2*1-2-8-18(9-3-1)21-16-20-12-7-15-24(25(20)17-21)23-14-6-11-19-10-4-5-13-22(19)23;;;;;;/h2*1-17H;2*1H3;2*1H;;/q4*-1;;;;. The summed E-state index contributed by atoms with van der Waals surface area (Å²) in [6, 6.07) is 74.0. The molecule has 0 amide bonds. The number of benzene rings is 8. The third kappa shape index (κ3) is 8.85. The molecule has 0 saturated carbocycles. The second-order valence-electron chi connectivity index (χ2n) is 12.9. The molecule has 0 aliphatic carbocycles. The van der Waals surface area contributed by atoms with Crippen LogP contribution in [0.3, 0.4) is 0 Å². The fourth-order valence-electron chi connectivity index (χ4n) is 7.45. The summed E-state index contributed by atoms with van der Waals surface area (Å²) in [6.07, 6.45) is 0. The van der Waals surface area contributed by atoms with Crippen LogP contribution in [0.5, 0.6) is 0 Å². The van der Waals surface area contributed by atoms with Gasteiger partial charge in [0, 0.05) is 0 Å². The normalized spacial score (nSPS) is 10.1. The molecule has 10 rings (SSSR count). The van der Waals surface area contributed by atoms with Crippen molar-refractivity contribution in [2.24, 2.45) is 0 Å². The topological polar surface area (TPSA) is 0 Å². The Morgan fingerprint density at radius 1 is 0.321 bits per heavy atom. The van der Waals surface area contributed by atoms with Crippen molar-refractivity contribution in [2.45, 2.75) is 0 Å². The van der Waals surface area contributed by atoms with E-state index < -0.39 is 0 Å². The first-order valence-corrected chi connectivity index (χ1v) is 20.4. The molecule has 0 atom stereocenters. The average molecular weight is 814 g/mol. The minimum Gasteiger partial charge on any atom is -0.144 e. The second-order valence-corrected chi connectivity index (χ2v) is 12.9. The molecule has 0 bridgehead atoms. The molecule has 0 spiro atoms. The summed E-state index contributed by atoms with van der Waals surface area (Å²) >= 11 is 1.81. The van der Waals surface area contributed by atoms with Gasteiger partial charge in [0.15, 0.2) is 0 Å². The van der Waals surface area contributed by atoms with E-state index in [4.69, 9.17) is 0 Å². The van der Waals surface area contributed by atoms with Gasteiger partial charge in [-0.2, -0.15) is 0 Å². The Morgan fingerprint density at radius 2 is 0.625 bits per heavy atom. The third-order valence-corrected chi connectivity index (χ3v) is 9.88. The smallest absolute Gasteiger partial charge is 0.0112 e. The predicted octanol–water partition coefficient (Wildman–Crippen LogP) is 15.5. The summed E-state index contributed by atoms with van der Waals surface area (Å²) in [5, 5.41) is 10.4. The summed E-state index contributed by atoms with van der Waals surface area (Å²) in [7, 11) is 2.97. The van der Waals surface area contributed by atoms with Gasteiger partial charge in [0.25, 0.3) is 0 Å². The predicted molar refractivity (Wildman–Crippen MR) is 249 cm³/mol. The van der Waals surface area contributed by atoms with Crippen LogP contribution in [0.1, 0.15) is 0 Å². The van der Waals surface area contributed by atoms with Gasteiger partial charge in [0.05, 0.1) is 0 Å². The minimum absolute atomic E-state index is 0. The van der Waals surface area contributed by atoms with Crippen LogP contribution in [0.2, 0.25) is 0 Å². The monoisotopic (exact) mass is 812 g/mol. The molecule has 10 aromatic carbocycles. The Bertz CT molecular complexity index is 2580. The molecule has 4 heteroatoms. The van der Waals surface area contributed by atoms with Gasteiger partial charge in [-0.05, 0) is 32.7 Å². The Labute approximate surface area is 357 Å². The molecule has 0 N–H and O–H groups in total. The average Bonchev–Trinajstić information content (AvgIpc) is 3.88. The molecule has 2 radical (unpaired) electrons. The van der Waals surface area contributed by atoms with E-state index in [9.17, 15) is 0 Å². The van der Waals surface area contributed by atoms with Crippen molar-refractivity contribution in [1.82, 2.24) is 0 Å². The summed E-state index contributed by atoms with van der Waals surface area (Å²) < 4.78 is 0. The van der Waals surface area contributed by atoms with E-state index in [2.05, 4.69) is 214 Å². The maximum Gasteiger partial charge on any atom is -0.0112 e. The van der Waals surface area contributed by atoms with Gasteiger partial charge in [0.1, 0.15) is 0 Å². The Morgan fingerprint density at radius 3 is 1.02 bits per heavy atom. The van der Waals surface area contributed by atoms with Crippen LogP contribution < -0.4 is 0 Å². The summed E-state index contributed by atoms with van der Waals surface area (Å²) in [5.74, 6) is 0. The van der Waals surface area contributed by atoms with Gasteiger partial charge in [-0.1, -0.05) is 192 Å². The van der Waals surface area contributed by atoms with Gasteiger partial charge in [-0.3, -0.25) is 0 Å². The van der Waals surface area contributed by atoms with Gasteiger partial charge in [-0.25, -0.2) is 0 Å². The molecule has 10 aromatic rings. The first kappa shape index (κ1) is 43.7. The molecule has 0 nitrogen and oxygen atoms in total. The van der Waals surface area contributed by atoms with Crippen molar-refractivity contribution in [3.63, 3.8) is 0 Å². The van der Waals surface area contributed by atoms with Crippen LogP contribution in [0, 0.1) is 14.9 Å². The van der Waals surface area contributed by atoms with E-state index in [1.807, 2.05) is 0 Å². The summed E-state index contributed by atoms with van der Waals surface area (Å²) in [5.41, 5.74) is 10.3. The van der Waals surface area contributed by atoms with Gasteiger partial charge >= 0.3 is 26.8 Å². The maximum absolute atomic E-state index is 2.97. The fraction of sp³-hybridized carbons (Fsp3) is 0. The van der Waals surface area contributed by atoms with E-state index in [0.717, 1.165) is 0 Å². The van der Waals surface area contributed by atoms with Crippen LogP contribution in [0.15, 0.2) is 206 Å². The number of fused-ring (bicyclic) bond motifs is 4. The van der Waals surface area contributed by atoms with Crippen molar-refractivity contribution >= 4 is 75.5 Å². The maximum atomic E-state index is 2.97. The van der Waals surface area contributed by atoms with Crippen molar-refractivity contribution in [3.05, 3.63) is 221 Å². The van der Waals surface area contributed by atoms with E-state index in [0.29, 0.717) is 0 Å². The second kappa shape index (κ2) is 20.3. The van der Waals surface area contributed by atoms with E-state index >= 15 is 0 Å². The Kier molecular flexibility index (Phi) is 15.8. The van der Waals surface area contributed by atoms with Gasteiger partial charge in [-0.15, -0.1) is 93.9 Å². The van der Waals surface area contributed by atoms with Gasteiger partial charge in [0.2, 0.25) is 0 Å². The third-order valence-electron chi connectivity index (χ3n) is 9.88. The number of halogens is 2. The molecular formula is C52H42Cl2SiTi-4. The molecule has 0 unspecified atom stereocenters. The molecule has 0 heterocycles. The number of rotatable bonds is 4. The largest absolute Gasteiger partial charge is 0.144 e. The summed E-state index contributed by atoms with van der Waals surface area (Å²) in [4.78, 5) is 0. The van der Waals surface area contributed by atoms with Crippen LogP contribution in [-0.4, -0.2) is 7.63 Å². The number of hydrogen-bond acceptors (Lipinski definition) is 0.